The molecule has 1 aromatic rings. The largest absolute Gasteiger partial charge is 0.316 e. The van der Waals surface area contributed by atoms with Crippen LogP contribution in [0.15, 0.2) is 12.1 Å². The summed E-state index contributed by atoms with van der Waals surface area (Å²) in [5.74, 6) is -3.57. The van der Waals surface area contributed by atoms with E-state index in [9.17, 15) is 13.2 Å². The van der Waals surface area contributed by atoms with Gasteiger partial charge in [-0.15, -0.1) is 0 Å². The van der Waals surface area contributed by atoms with Crippen LogP contribution in [0.3, 0.4) is 0 Å². The highest BCUT2D eigenvalue weighted by atomic mass is 19.2. The molecule has 1 nitrogen and oxygen atoms in total. The van der Waals surface area contributed by atoms with Gasteiger partial charge in [-0.3, -0.25) is 0 Å². The Morgan fingerprint density at radius 3 is 2.60 bits per heavy atom. The Morgan fingerprint density at radius 1 is 1.13 bits per heavy atom. The Hall–Kier alpha value is -1.03. The summed E-state index contributed by atoms with van der Waals surface area (Å²) in [6.07, 6.45) is 1.75. The maximum absolute atomic E-state index is 13.4. The van der Waals surface area contributed by atoms with Gasteiger partial charge >= 0.3 is 0 Å². The number of nitrogens with one attached hydrogen (secondary N) is 1. The van der Waals surface area contributed by atoms with Crippen LogP contribution in [0.4, 0.5) is 13.2 Å². The first-order valence-corrected chi connectivity index (χ1v) is 5.04. The second kappa shape index (κ2) is 4.23. The van der Waals surface area contributed by atoms with E-state index >= 15 is 0 Å². The van der Waals surface area contributed by atoms with Crippen LogP contribution in [0.25, 0.3) is 0 Å². The lowest BCUT2D eigenvalue weighted by Gasteiger charge is -2.23. The molecule has 1 aliphatic rings. The third kappa shape index (κ3) is 2.00. The molecule has 0 spiro atoms. The van der Waals surface area contributed by atoms with Crippen molar-refractivity contribution in [3.05, 3.63) is 35.1 Å². The predicted molar refractivity (Wildman–Crippen MR) is 51.2 cm³/mol. The molecule has 1 atom stereocenters. The Morgan fingerprint density at radius 2 is 1.93 bits per heavy atom. The molecule has 1 saturated heterocycles. The van der Waals surface area contributed by atoms with Gasteiger partial charge in [-0.25, -0.2) is 13.2 Å². The van der Waals surface area contributed by atoms with E-state index in [2.05, 4.69) is 5.32 Å². The summed E-state index contributed by atoms with van der Waals surface area (Å²) in [7, 11) is 0. The van der Waals surface area contributed by atoms with Crippen LogP contribution in [-0.4, -0.2) is 13.1 Å². The maximum Gasteiger partial charge on any atom is 0.194 e. The normalized spacial score (nSPS) is 21.7. The molecule has 0 radical (unpaired) electrons. The predicted octanol–water partition coefficient (Wildman–Crippen LogP) is 2.57. The highest BCUT2D eigenvalue weighted by Crippen LogP contribution is 2.27. The average molecular weight is 215 g/mol. The molecule has 1 heterocycles. The first kappa shape index (κ1) is 10.5. The standard InChI is InChI=1S/C11H12F3N/c12-9-4-3-8(10(13)11(9)14)7-2-1-5-15-6-7/h3-4,7,15H,1-2,5-6H2/t7-/m1/s1. The average Bonchev–Trinajstić information content (AvgIpc) is 2.27. The van der Waals surface area contributed by atoms with Gasteiger partial charge in [0.2, 0.25) is 0 Å². The number of benzene rings is 1. The molecule has 4 heteroatoms. The molecule has 1 fully saturated rings. The molecule has 15 heavy (non-hydrogen) atoms. The zero-order chi connectivity index (χ0) is 10.8. The highest BCUT2D eigenvalue weighted by molar-refractivity contribution is 5.24. The summed E-state index contributed by atoms with van der Waals surface area (Å²) in [4.78, 5) is 0. The molecule has 1 aromatic carbocycles. The highest BCUT2D eigenvalue weighted by Gasteiger charge is 2.22. The lowest BCUT2D eigenvalue weighted by Crippen LogP contribution is -2.29. The second-order valence-corrected chi connectivity index (χ2v) is 3.81. The summed E-state index contributed by atoms with van der Waals surface area (Å²) >= 11 is 0. The fourth-order valence-electron chi connectivity index (χ4n) is 1.97. The Bertz CT molecular complexity index is 359. The van der Waals surface area contributed by atoms with Crippen molar-refractivity contribution in [2.45, 2.75) is 18.8 Å². The number of hydrogen-bond acceptors (Lipinski definition) is 1. The summed E-state index contributed by atoms with van der Waals surface area (Å²) < 4.78 is 39.1. The van der Waals surface area contributed by atoms with Gasteiger partial charge in [0, 0.05) is 6.54 Å². The summed E-state index contributed by atoms with van der Waals surface area (Å²) in [5.41, 5.74) is 0.279. The van der Waals surface area contributed by atoms with E-state index in [-0.39, 0.29) is 11.5 Å². The molecule has 1 aliphatic heterocycles. The van der Waals surface area contributed by atoms with E-state index in [1.807, 2.05) is 0 Å². The molecular formula is C11H12F3N. The number of piperidine rings is 1. The minimum atomic E-state index is -1.36. The molecule has 0 aromatic heterocycles. The van der Waals surface area contributed by atoms with Crippen molar-refractivity contribution in [1.82, 2.24) is 5.32 Å². The first-order chi connectivity index (χ1) is 7.20. The van der Waals surface area contributed by atoms with Crippen molar-refractivity contribution in [2.24, 2.45) is 0 Å². The fourth-order valence-corrected chi connectivity index (χ4v) is 1.97. The topological polar surface area (TPSA) is 12.0 Å². The van der Waals surface area contributed by atoms with Crippen LogP contribution in [0, 0.1) is 17.5 Å². The molecule has 0 saturated carbocycles. The van der Waals surface area contributed by atoms with E-state index in [4.69, 9.17) is 0 Å². The molecule has 0 aliphatic carbocycles. The summed E-state index contributed by atoms with van der Waals surface area (Å²) in [6, 6.07) is 2.33. The smallest absolute Gasteiger partial charge is 0.194 e. The maximum atomic E-state index is 13.4. The monoisotopic (exact) mass is 215 g/mol. The van der Waals surface area contributed by atoms with Crippen molar-refractivity contribution < 1.29 is 13.2 Å². The SMILES string of the molecule is Fc1ccc([C@@H]2CCCNC2)c(F)c1F. The summed E-state index contributed by atoms with van der Waals surface area (Å²) in [5, 5.41) is 3.11. The van der Waals surface area contributed by atoms with Crippen molar-refractivity contribution >= 4 is 0 Å². The molecule has 0 bridgehead atoms. The molecule has 2 rings (SSSR count). The second-order valence-electron chi connectivity index (χ2n) is 3.81. The lowest BCUT2D eigenvalue weighted by molar-refractivity contribution is 0.411. The van der Waals surface area contributed by atoms with Crippen LogP contribution in [0.5, 0.6) is 0 Å². The van der Waals surface area contributed by atoms with Gasteiger partial charge in [0.25, 0.3) is 0 Å². The molecule has 0 amide bonds. The van der Waals surface area contributed by atoms with Crippen molar-refractivity contribution in [1.29, 1.82) is 0 Å². The first-order valence-electron chi connectivity index (χ1n) is 5.04. The van der Waals surface area contributed by atoms with Crippen molar-refractivity contribution in [2.75, 3.05) is 13.1 Å². The zero-order valence-corrected chi connectivity index (χ0v) is 8.19. The Balaban J connectivity index is 2.31. The van der Waals surface area contributed by atoms with E-state index < -0.39 is 17.5 Å². The van der Waals surface area contributed by atoms with Crippen LogP contribution in [0.2, 0.25) is 0 Å². The summed E-state index contributed by atoms with van der Waals surface area (Å²) in [6.45, 7) is 1.53. The Labute approximate surface area is 86.3 Å². The quantitative estimate of drug-likeness (QED) is 0.710. The van der Waals surface area contributed by atoms with Gasteiger partial charge in [-0.1, -0.05) is 6.07 Å². The van der Waals surface area contributed by atoms with E-state index in [1.54, 1.807) is 0 Å². The van der Waals surface area contributed by atoms with Gasteiger partial charge in [0.05, 0.1) is 0 Å². The molecule has 0 unspecified atom stereocenters. The van der Waals surface area contributed by atoms with E-state index in [1.165, 1.54) is 6.07 Å². The number of rotatable bonds is 1. The third-order valence-electron chi connectivity index (χ3n) is 2.80. The third-order valence-corrected chi connectivity index (χ3v) is 2.80. The van der Waals surface area contributed by atoms with Crippen molar-refractivity contribution in [3.63, 3.8) is 0 Å². The van der Waals surface area contributed by atoms with Crippen LogP contribution >= 0.6 is 0 Å². The van der Waals surface area contributed by atoms with Crippen LogP contribution < -0.4 is 5.32 Å². The fraction of sp³-hybridized carbons (Fsp3) is 0.455. The van der Waals surface area contributed by atoms with Gasteiger partial charge < -0.3 is 5.32 Å². The number of hydrogen-bond donors (Lipinski definition) is 1. The van der Waals surface area contributed by atoms with E-state index in [0.29, 0.717) is 6.54 Å². The minimum Gasteiger partial charge on any atom is -0.316 e. The van der Waals surface area contributed by atoms with Crippen LogP contribution in [0.1, 0.15) is 24.3 Å². The lowest BCUT2D eigenvalue weighted by atomic mass is 9.91. The van der Waals surface area contributed by atoms with Gasteiger partial charge in [-0.05, 0) is 36.9 Å². The Kier molecular flexibility index (Phi) is 2.95. The van der Waals surface area contributed by atoms with Gasteiger partial charge in [0.1, 0.15) is 0 Å². The zero-order valence-electron chi connectivity index (χ0n) is 8.19. The minimum absolute atomic E-state index is 0.0474. The number of halogens is 3. The van der Waals surface area contributed by atoms with Gasteiger partial charge in [0.15, 0.2) is 17.5 Å². The molecular weight excluding hydrogens is 203 g/mol. The molecule has 82 valence electrons. The van der Waals surface area contributed by atoms with Gasteiger partial charge in [-0.2, -0.15) is 0 Å². The van der Waals surface area contributed by atoms with Crippen molar-refractivity contribution in [3.8, 4) is 0 Å². The van der Waals surface area contributed by atoms with Crippen LogP contribution in [-0.2, 0) is 0 Å². The van der Waals surface area contributed by atoms with E-state index in [0.717, 1.165) is 25.5 Å². The molecule has 1 N–H and O–H groups in total.